The van der Waals surface area contributed by atoms with E-state index < -0.39 is 0 Å². The highest BCUT2D eigenvalue weighted by atomic mass is 15.2. The van der Waals surface area contributed by atoms with Crippen molar-refractivity contribution in [2.45, 2.75) is 6.54 Å². The van der Waals surface area contributed by atoms with E-state index >= 15 is 0 Å². The molecule has 24 heavy (non-hydrogen) atoms. The number of benzene rings is 3. The number of hydrogen-bond acceptors (Lipinski definition) is 2. The summed E-state index contributed by atoms with van der Waals surface area (Å²) in [5, 5.41) is 9.69. The van der Waals surface area contributed by atoms with Gasteiger partial charge in [-0.1, -0.05) is 78.9 Å². The van der Waals surface area contributed by atoms with E-state index in [-0.39, 0.29) is 0 Å². The Morgan fingerprint density at radius 2 is 1.33 bits per heavy atom. The first-order chi connectivity index (χ1) is 11.9. The molecular weight excluding hydrogens is 294 g/mol. The van der Waals surface area contributed by atoms with E-state index in [0.717, 1.165) is 16.8 Å². The summed E-state index contributed by atoms with van der Waals surface area (Å²) in [5.74, 6) is 0.646. The molecule has 0 unspecified atom stereocenters. The molecular formula is C21H17N3. The molecule has 0 bridgehead atoms. The monoisotopic (exact) mass is 311 g/mol. The molecule has 0 heterocycles. The van der Waals surface area contributed by atoms with Crippen LogP contribution in [0.4, 0.5) is 5.69 Å². The van der Waals surface area contributed by atoms with Gasteiger partial charge in [-0.2, -0.15) is 5.26 Å². The normalized spacial score (nSPS) is 10.9. The zero-order valence-electron chi connectivity index (χ0n) is 13.2. The largest absolute Gasteiger partial charge is 0.258 e. The van der Waals surface area contributed by atoms with Gasteiger partial charge in [-0.3, -0.25) is 4.90 Å². The number of aliphatic imine (C=N–C) groups is 1. The fourth-order valence-electron chi connectivity index (χ4n) is 2.42. The summed E-state index contributed by atoms with van der Waals surface area (Å²) in [6.45, 7) is 0.484. The van der Waals surface area contributed by atoms with Gasteiger partial charge in [0, 0.05) is 5.56 Å². The van der Waals surface area contributed by atoms with Gasteiger partial charge in [-0.05, 0) is 17.7 Å². The lowest BCUT2D eigenvalue weighted by molar-refractivity contribution is 0.572. The number of rotatable bonds is 4. The van der Waals surface area contributed by atoms with Gasteiger partial charge in [0.25, 0.3) is 0 Å². The van der Waals surface area contributed by atoms with Crippen LogP contribution in [0.25, 0.3) is 0 Å². The zero-order valence-corrected chi connectivity index (χ0v) is 13.2. The summed E-state index contributed by atoms with van der Waals surface area (Å²) in [7, 11) is 0. The van der Waals surface area contributed by atoms with Crippen molar-refractivity contribution in [2.24, 2.45) is 4.99 Å². The lowest BCUT2D eigenvalue weighted by Gasteiger charge is -2.18. The maximum absolute atomic E-state index is 9.69. The molecule has 3 rings (SSSR count). The lowest BCUT2D eigenvalue weighted by atomic mass is 10.1. The van der Waals surface area contributed by atoms with Crippen LogP contribution in [0.1, 0.15) is 11.1 Å². The van der Waals surface area contributed by atoms with E-state index in [4.69, 9.17) is 4.99 Å². The van der Waals surface area contributed by atoms with E-state index in [0.29, 0.717) is 12.4 Å². The minimum absolute atomic E-state index is 0.484. The highest BCUT2D eigenvalue weighted by molar-refractivity contribution is 6.01. The molecule has 3 nitrogen and oxygen atoms in total. The molecule has 3 heteroatoms. The molecule has 0 spiro atoms. The van der Waals surface area contributed by atoms with E-state index in [2.05, 4.69) is 6.19 Å². The second-order valence-corrected chi connectivity index (χ2v) is 5.31. The molecule has 0 atom stereocenters. The fourth-order valence-corrected chi connectivity index (χ4v) is 2.42. The topological polar surface area (TPSA) is 39.4 Å². The van der Waals surface area contributed by atoms with E-state index in [1.807, 2.05) is 91.0 Å². The first-order valence-corrected chi connectivity index (χ1v) is 7.77. The summed E-state index contributed by atoms with van der Waals surface area (Å²) < 4.78 is 0. The minimum atomic E-state index is 0.484. The van der Waals surface area contributed by atoms with Gasteiger partial charge < -0.3 is 0 Å². The minimum Gasteiger partial charge on any atom is -0.258 e. The van der Waals surface area contributed by atoms with Gasteiger partial charge in [0.1, 0.15) is 5.84 Å². The number of nitriles is 1. The fraction of sp³-hybridized carbons (Fsp3) is 0.0476. The average molecular weight is 311 g/mol. The Bertz CT molecular complexity index is 835. The Kier molecular flexibility index (Phi) is 5.01. The second-order valence-electron chi connectivity index (χ2n) is 5.31. The van der Waals surface area contributed by atoms with Crippen LogP contribution in [0.3, 0.4) is 0 Å². The number of amidine groups is 1. The van der Waals surface area contributed by atoms with Gasteiger partial charge >= 0.3 is 0 Å². The number of para-hydroxylation sites is 1. The summed E-state index contributed by atoms with van der Waals surface area (Å²) in [5.41, 5.74) is 2.80. The number of hydrogen-bond donors (Lipinski definition) is 0. The van der Waals surface area contributed by atoms with Crippen molar-refractivity contribution in [1.82, 2.24) is 4.90 Å². The van der Waals surface area contributed by atoms with Crippen molar-refractivity contribution in [2.75, 3.05) is 0 Å². The van der Waals surface area contributed by atoms with Gasteiger partial charge in [-0.25, -0.2) is 4.99 Å². The standard InChI is InChI=1S/C21H17N3/c22-17-24(16-18-10-4-1-5-11-18)21(19-12-6-2-7-13-19)23-20-14-8-3-9-15-20/h1-15H,16H2. The molecule has 0 aliphatic heterocycles. The van der Waals surface area contributed by atoms with Crippen LogP contribution in [0.5, 0.6) is 0 Å². The highest BCUT2D eigenvalue weighted by Crippen LogP contribution is 2.17. The maximum atomic E-state index is 9.69. The van der Waals surface area contributed by atoms with Crippen LogP contribution in [-0.4, -0.2) is 10.7 Å². The average Bonchev–Trinajstić information content (AvgIpc) is 2.67. The van der Waals surface area contributed by atoms with Crippen molar-refractivity contribution in [3.05, 3.63) is 102 Å². The first kappa shape index (κ1) is 15.5. The molecule has 0 aliphatic rings. The SMILES string of the molecule is N#CN(Cc1ccccc1)C(=Nc1ccccc1)c1ccccc1. The molecule has 0 aliphatic carbocycles. The van der Waals surface area contributed by atoms with Crippen LogP contribution < -0.4 is 0 Å². The van der Waals surface area contributed by atoms with Crippen molar-refractivity contribution in [1.29, 1.82) is 5.26 Å². The molecule has 0 N–H and O–H groups in total. The van der Waals surface area contributed by atoms with Crippen LogP contribution in [0.15, 0.2) is 96.0 Å². The van der Waals surface area contributed by atoms with Crippen molar-refractivity contribution < 1.29 is 0 Å². The quantitative estimate of drug-likeness (QED) is 0.302. The first-order valence-electron chi connectivity index (χ1n) is 7.77. The van der Waals surface area contributed by atoms with Crippen molar-refractivity contribution in [3.8, 4) is 6.19 Å². The van der Waals surface area contributed by atoms with Crippen LogP contribution in [-0.2, 0) is 6.54 Å². The van der Waals surface area contributed by atoms with Crippen LogP contribution in [0.2, 0.25) is 0 Å². The van der Waals surface area contributed by atoms with Crippen molar-refractivity contribution in [3.63, 3.8) is 0 Å². The zero-order chi connectivity index (χ0) is 16.6. The van der Waals surface area contributed by atoms with E-state index in [1.165, 1.54) is 0 Å². The summed E-state index contributed by atoms with van der Waals surface area (Å²) in [4.78, 5) is 6.34. The predicted octanol–water partition coefficient (Wildman–Crippen LogP) is 4.75. The van der Waals surface area contributed by atoms with E-state index in [9.17, 15) is 5.26 Å². The van der Waals surface area contributed by atoms with Crippen LogP contribution in [0, 0.1) is 11.5 Å². The molecule has 116 valence electrons. The van der Waals surface area contributed by atoms with E-state index in [1.54, 1.807) is 4.90 Å². The Hall–Kier alpha value is -3.38. The third kappa shape index (κ3) is 3.88. The maximum Gasteiger partial charge on any atom is 0.185 e. The van der Waals surface area contributed by atoms with Crippen LogP contribution >= 0.6 is 0 Å². The Balaban J connectivity index is 2.00. The summed E-state index contributed by atoms with van der Waals surface area (Å²) >= 11 is 0. The number of nitrogens with zero attached hydrogens (tertiary/aromatic N) is 3. The Labute approximate surface area is 142 Å². The second kappa shape index (κ2) is 7.75. The molecule has 3 aromatic carbocycles. The highest BCUT2D eigenvalue weighted by Gasteiger charge is 2.14. The molecule has 0 aromatic heterocycles. The van der Waals surface area contributed by atoms with Gasteiger partial charge in [-0.15, -0.1) is 0 Å². The third-order valence-corrected chi connectivity index (χ3v) is 3.58. The van der Waals surface area contributed by atoms with Gasteiger partial charge in [0.2, 0.25) is 0 Å². The lowest BCUT2D eigenvalue weighted by Crippen LogP contribution is -2.26. The molecule has 0 fully saturated rings. The molecule has 0 radical (unpaired) electrons. The Morgan fingerprint density at radius 3 is 1.92 bits per heavy atom. The molecule has 3 aromatic rings. The smallest absolute Gasteiger partial charge is 0.185 e. The Morgan fingerprint density at radius 1 is 0.792 bits per heavy atom. The van der Waals surface area contributed by atoms with Crippen molar-refractivity contribution >= 4 is 11.5 Å². The third-order valence-electron chi connectivity index (χ3n) is 3.58. The van der Waals surface area contributed by atoms with Gasteiger partial charge in [0.15, 0.2) is 6.19 Å². The predicted molar refractivity (Wildman–Crippen MR) is 96.7 cm³/mol. The summed E-state index contributed by atoms with van der Waals surface area (Å²) in [6, 6.07) is 29.4. The molecule has 0 saturated carbocycles. The molecule has 0 amide bonds. The summed E-state index contributed by atoms with van der Waals surface area (Å²) in [6.07, 6.45) is 2.27. The van der Waals surface area contributed by atoms with Gasteiger partial charge in [0.05, 0.1) is 12.2 Å². The molecule has 0 saturated heterocycles.